The van der Waals surface area contributed by atoms with Crippen LogP contribution in [0.5, 0.6) is 0 Å². The van der Waals surface area contributed by atoms with E-state index in [9.17, 15) is 14.3 Å². The van der Waals surface area contributed by atoms with Gasteiger partial charge in [-0.05, 0) is 19.3 Å². The fourth-order valence-electron chi connectivity index (χ4n) is 3.49. The van der Waals surface area contributed by atoms with E-state index in [0.29, 0.717) is 25.9 Å². The summed E-state index contributed by atoms with van der Waals surface area (Å²) in [5.74, 6) is -0.167. The molecule has 0 spiro atoms. The molecule has 1 atom stereocenters. The van der Waals surface area contributed by atoms with E-state index in [-0.39, 0.29) is 25.7 Å². The van der Waals surface area contributed by atoms with Gasteiger partial charge in [0.1, 0.15) is 0 Å². The van der Waals surface area contributed by atoms with Gasteiger partial charge in [0, 0.05) is 13.0 Å². The van der Waals surface area contributed by atoms with Gasteiger partial charge in [-0.1, -0.05) is 96.8 Å². The number of hydrogen-bond acceptors (Lipinski definition) is 6. The molecule has 7 nitrogen and oxygen atoms in total. The van der Waals surface area contributed by atoms with E-state index in [1.54, 1.807) is 0 Å². The Morgan fingerprint density at radius 2 is 1.12 bits per heavy atom. The van der Waals surface area contributed by atoms with Crippen molar-refractivity contribution in [3.8, 4) is 0 Å². The fourth-order valence-corrected chi connectivity index (χ4v) is 4.26. The lowest BCUT2D eigenvalue weighted by Crippen LogP contribution is -2.09. The van der Waals surface area contributed by atoms with Crippen molar-refractivity contribution in [2.24, 2.45) is 5.73 Å². The van der Waals surface area contributed by atoms with Crippen molar-refractivity contribution in [3.05, 3.63) is 0 Å². The van der Waals surface area contributed by atoms with Crippen LogP contribution >= 0.6 is 7.82 Å². The molecule has 192 valence electrons. The molecule has 32 heavy (non-hydrogen) atoms. The molecule has 0 aliphatic carbocycles. The number of ether oxygens (including phenoxy) is 1. The lowest BCUT2D eigenvalue weighted by molar-refractivity contribution is -0.143. The number of hydrogen-bond donors (Lipinski definition) is 2. The quantitative estimate of drug-likeness (QED) is 0.0855. The van der Waals surface area contributed by atoms with E-state index in [4.69, 9.17) is 15.0 Å². The summed E-state index contributed by atoms with van der Waals surface area (Å²) in [7, 11) is -4.00. The molecule has 0 saturated heterocycles. The highest BCUT2D eigenvalue weighted by atomic mass is 31.2. The number of carbonyl (C=O) groups is 1. The number of carbonyl (C=O) groups excluding carboxylic acids is 1. The van der Waals surface area contributed by atoms with Gasteiger partial charge < -0.3 is 15.4 Å². The number of unbranched alkanes of at least 4 members (excludes halogenated alkanes) is 15. The second-order valence-electron chi connectivity index (χ2n) is 8.55. The van der Waals surface area contributed by atoms with Gasteiger partial charge in [0.05, 0.1) is 19.8 Å². The van der Waals surface area contributed by atoms with Crippen LogP contribution in [0, 0.1) is 0 Å². The van der Waals surface area contributed by atoms with Gasteiger partial charge in [-0.3, -0.25) is 13.8 Å². The van der Waals surface area contributed by atoms with Gasteiger partial charge in [-0.25, -0.2) is 4.57 Å². The predicted octanol–water partition coefficient (Wildman–Crippen LogP) is 6.66. The Hall–Kier alpha value is -0.460. The first-order chi connectivity index (χ1) is 15.5. The summed E-state index contributed by atoms with van der Waals surface area (Å²) in [5, 5.41) is 0. The minimum atomic E-state index is -4.00. The summed E-state index contributed by atoms with van der Waals surface area (Å²) in [6, 6.07) is 0. The molecule has 8 heteroatoms. The Morgan fingerprint density at radius 3 is 1.62 bits per heavy atom. The molecule has 0 rings (SSSR count). The number of nitrogens with two attached hydrogens (primary N) is 1. The van der Waals surface area contributed by atoms with Crippen LogP contribution in [0.1, 0.15) is 122 Å². The van der Waals surface area contributed by atoms with E-state index in [0.717, 1.165) is 12.8 Å². The highest BCUT2D eigenvalue weighted by Gasteiger charge is 2.19. The molecule has 0 aromatic heterocycles. The molecule has 1 unspecified atom stereocenters. The zero-order valence-corrected chi connectivity index (χ0v) is 21.5. The van der Waals surface area contributed by atoms with Gasteiger partial charge in [-0.15, -0.1) is 0 Å². The minimum Gasteiger partial charge on any atom is -0.466 e. The monoisotopic (exact) mass is 479 g/mol. The second kappa shape index (κ2) is 23.7. The van der Waals surface area contributed by atoms with E-state index in [2.05, 4.69) is 11.4 Å². The molecule has 0 radical (unpaired) electrons. The van der Waals surface area contributed by atoms with Crippen LogP contribution in [0.15, 0.2) is 0 Å². The van der Waals surface area contributed by atoms with Gasteiger partial charge in [0.2, 0.25) is 0 Å². The highest BCUT2D eigenvalue weighted by Crippen LogP contribution is 2.42. The summed E-state index contributed by atoms with van der Waals surface area (Å²) >= 11 is 0. The molecule has 0 heterocycles. The number of phosphoric ester groups is 1. The fraction of sp³-hybridized carbons (Fsp3) is 0.958. The molecule has 0 aromatic rings. The van der Waals surface area contributed by atoms with Crippen LogP contribution in [0.25, 0.3) is 0 Å². The van der Waals surface area contributed by atoms with Crippen molar-refractivity contribution in [1.29, 1.82) is 0 Å². The highest BCUT2D eigenvalue weighted by molar-refractivity contribution is 7.47. The molecule has 0 saturated carbocycles. The van der Waals surface area contributed by atoms with Crippen molar-refractivity contribution in [2.75, 3.05) is 26.4 Å². The van der Waals surface area contributed by atoms with Crippen LogP contribution in [0.4, 0.5) is 0 Å². The van der Waals surface area contributed by atoms with Crippen molar-refractivity contribution in [1.82, 2.24) is 0 Å². The Labute approximate surface area is 196 Å². The van der Waals surface area contributed by atoms with Gasteiger partial charge in [0.25, 0.3) is 0 Å². The Balaban J connectivity index is 3.28. The van der Waals surface area contributed by atoms with Crippen molar-refractivity contribution < 1.29 is 28.0 Å². The zero-order chi connectivity index (χ0) is 23.8. The van der Waals surface area contributed by atoms with Gasteiger partial charge >= 0.3 is 13.8 Å². The number of phosphoric acid groups is 1. The lowest BCUT2D eigenvalue weighted by atomic mass is 10.0. The van der Waals surface area contributed by atoms with Crippen LogP contribution < -0.4 is 5.73 Å². The average molecular weight is 480 g/mol. The van der Waals surface area contributed by atoms with Crippen LogP contribution in [-0.2, 0) is 23.1 Å². The van der Waals surface area contributed by atoms with E-state index < -0.39 is 7.82 Å². The maximum atomic E-state index is 11.7. The summed E-state index contributed by atoms with van der Waals surface area (Å²) in [6.45, 7) is 2.78. The van der Waals surface area contributed by atoms with E-state index in [1.165, 1.54) is 83.5 Å². The SMILES string of the molecule is CCCCCCCCCCCCCCCCCC(=O)OCCCCOP(=O)(O)OCCN. The number of esters is 1. The molecule has 0 amide bonds. The molecule has 0 aliphatic rings. The zero-order valence-electron chi connectivity index (χ0n) is 20.6. The minimum absolute atomic E-state index is 0.0231. The van der Waals surface area contributed by atoms with Gasteiger partial charge in [0.15, 0.2) is 0 Å². The molecule has 3 N–H and O–H groups in total. The first-order valence-electron chi connectivity index (χ1n) is 13.0. The predicted molar refractivity (Wildman–Crippen MR) is 131 cm³/mol. The molecular formula is C24H50NO6P. The summed E-state index contributed by atoms with van der Waals surface area (Å²) in [5.41, 5.74) is 5.20. The molecule has 0 aromatic carbocycles. The number of rotatable bonds is 25. The molecule has 0 fully saturated rings. The molecule has 0 bridgehead atoms. The third kappa shape index (κ3) is 24.2. The lowest BCUT2D eigenvalue weighted by Gasteiger charge is -2.11. The Morgan fingerprint density at radius 1 is 0.688 bits per heavy atom. The van der Waals surface area contributed by atoms with Crippen LogP contribution in [0.3, 0.4) is 0 Å². The van der Waals surface area contributed by atoms with Crippen molar-refractivity contribution >= 4 is 13.8 Å². The van der Waals surface area contributed by atoms with Crippen molar-refractivity contribution in [3.63, 3.8) is 0 Å². The largest absolute Gasteiger partial charge is 0.472 e. The first-order valence-corrected chi connectivity index (χ1v) is 14.5. The maximum Gasteiger partial charge on any atom is 0.472 e. The van der Waals surface area contributed by atoms with Gasteiger partial charge in [-0.2, -0.15) is 0 Å². The summed E-state index contributed by atoms with van der Waals surface area (Å²) < 4.78 is 26.0. The summed E-state index contributed by atoms with van der Waals surface area (Å²) in [4.78, 5) is 21.0. The normalized spacial score (nSPS) is 13.2. The second-order valence-corrected chi connectivity index (χ2v) is 10.0. The Bertz CT molecular complexity index is 464. The van der Waals surface area contributed by atoms with E-state index >= 15 is 0 Å². The van der Waals surface area contributed by atoms with Crippen LogP contribution in [0.2, 0.25) is 0 Å². The smallest absolute Gasteiger partial charge is 0.466 e. The van der Waals surface area contributed by atoms with Crippen LogP contribution in [-0.4, -0.2) is 37.2 Å². The topological polar surface area (TPSA) is 108 Å². The third-order valence-corrected chi connectivity index (χ3v) is 6.43. The van der Waals surface area contributed by atoms with Crippen molar-refractivity contribution in [2.45, 2.75) is 122 Å². The maximum absolute atomic E-state index is 11.7. The molecular weight excluding hydrogens is 429 g/mol. The molecule has 0 aliphatic heterocycles. The summed E-state index contributed by atoms with van der Waals surface area (Å²) in [6.07, 6.45) is 21.1. The first kappa shape index (κ1) is 31.5. The Kier molecular flexibility index (Phi) is 23.3. The standard InChI is InChI=1S/C24H50NO6P/c1-2-3-4-5-6-7-8-9-10-11-12-13-14-15-16-19-24(26)29-21-17-18-22-30-32(27,28)31-23-20-25/h2-23,25H2,1H3,(H,27,28). The van der Waals surface area contributed by atoms with E-state index in [1.807, 2.05) is 0 Å². The average Bonchev–Trinajstić information content (AvgIpc) is 2.77. The third-order valence-electron chi connectivity index (χ3n) is 5.41.